The maximum Gasteiger partial charge on any atom is 0.310 e. The van der Waals surface area contributed by atoms with Gasteiger partial charge >= 0.3 is 5.97 Å². The van der Waals surface area contributed by atoms with Gasteiger partial charge in [0.25, 0.3) is 0 Å². The third-order valence-electron chi connectivity index (χ3n) is 4.77. The average Bonchev–Trinajstić information content (AvgIpc) is 2.61. The monoisotopic (exact) mass is 340 g/mol. The van der Waals surface area contributed by atoms with Gasteiger partial charge in [0, 0.05) is 0 Å². The quantitative estimate of drug-likeness (QED) is 0.427. The van der Waals surface area contributed by atoms with Crippen molar-refractivity contribution in [2.24, 2.45) is 0 Å². The number of hydrogen-bond acceptors (Lipinski definition) is 3. The number of rotatable bonds is 9. The van der Waals surface area contributed by atoms with Gasteiger partial charge in [-0.25, -0.2) is 0 Å². The predicted octanol–water partition coefficient (Wildman–Crippen LogP) is 5.81. The second kappa shape index (κ2) is 8.70. The number of benzene rings is 2. The zero-order chi connectivity index (χ0) is 18.3. The fourth-order valence-electron chi connectivity index (χ4n) is 3.25. The molecule has 2 aromatic carbocycles. The second-order valence-corrected chi connectivity index (χ2v) is 6.42. The number of ether oxygens (including phenoxy) is 2. The fraction of sp³-hybridized carbons (Fsp3) is 0.409. The lowest BCUT2D eigenvalue weighted by atomic mass is 9.91. The van der Waals surface area contributed by atoms with E-state index in [-0.39, 0.29) is 11.6 Å². The highest BCUT2D eigenvalue weighted by Gasteiger charge is 2.29. The minimum Gasteiger partial charge on any atom is -0.466 e. The largest absolute Gasteiger partial charge is 0.466 e. The van der Waals surface area contributed by atoms with Crippen LogP contribution in [0.1, 0.15) is 52.0 Å². The minimum atomic E-state index is -0.320. The van der Waals surface area contributed by atoms with E-state index < -0.39 is 0 Å². The minimum absolute atomic E-state index is 0.150. The third kappa shape index (κ3) is 4.85. The van der Waals surface area contributed by atoms with Crippen LogP contribution in [0.25, 0.3) is 10.8 Å². The summed E-state index contributed by atoms with van der Waals surface area (Å²) in [5.74, 6) is 0.605. The van der Waals surface area contributed by atoms with E-state index in [0.717, 1.165) is 47.8 Å². The van der Waals surface area contributed by atoms with Crippen LogP contribution in [0.3, 0.4) is 0 Å². The number of fused-ring (bicyclic) bond motifs is 1. The SMILES string of the molecule is C=COc1ccc2cc(CC(=O)OC(CC)(CC)CCC)ccc2c1. The highest BCUT2D eigenvalue weighted by atomic mass is 16.6. The molecule has 0 bridgehead atoms. The summed E-state index contributed by atoms with van der Waals surface area (Å²) in [5, 5.41) is 2.14. The zero-order valence-corrected chi connectivity index (χ0v) is 15.5. The standard InChI is InChI=1S/C22H28O3/c1-5-13-22(6-2,7-3)25-21(23)15-17-9-10-19-16-20(24-8-4)12-11-18(19)14-17/h8-12,14,16H,4-7,13,15H2,1-3H3. The molecule has 0 aliphatic rings. The highest BCUT2D eigenvalue weighted by Crippen LogP contribution is 2.27. The lowest BCUT2D eigenvalue weighted by molar-refractivity contribution is -0.160. The van der Waals surface area contributed by atoms with Gasteiger partial charge in [-0.3, -0.25) is 4.79 Å². The van der Waals surface area contributed by atoms with Crippen LogP contribution in [-0.2, 0) is 16.0 Å². The van der Waals surface area contributed by atoms with Crippen molar-refractivity contribution >= 4 is 16.7 Å². The Morgan fingerprint density at radius 2 is 1.76 bits per heavy atom. The lowest BCUT2D eigenvalue weighted by Gasteiger charge is -2.31. The van der Waals surface area contributed by atoms with E-state index >= 15 is 0 Å². The van der Waals surface area contributed by atoms with Crippen molar-refractivity contribution in [2.45, 2.75) is 58.5 Å². The van der Waals surface area contributed by atoms with Crippen LogP contribution in [-0.4, -0.2) is 11.6 Å². The Balaban J connectivity index is 2.12. The van der Waals surface area contributed by atoms with E-state index in [2.05, 4.69) is 27.4 Å². The van der Waals surface area contributed by atoms with Gasteiger partial charge in [-0.15, -0.1) is 0 Å². The van der Waals surface area contributed by atoms with Gasteiger partial charge in [0.05, 0.1) is 12.7 Å². The van der Waals surface area contributed by atoms with E-state index in [1.807, 2.05) is 36.4 Å². The normalized spacial score (nSPS) is 11.3. The van der Waals surface area contributed by atoms with Crippen LogP contribution >= 0.6 is 0 Å². The molecule has 0 heterocycles. The first-order chi connectivity index (χ1) is 12.1. The molecule has 0 saturated carbocycles. The Morgan fingerprint density at radius 3 is 2.40 bits per heavy atom. The Bertz CT molecular complexity index is 729. The molecule has 2 aromatic rings. The van der Waals surface area contributed by atoms with E-state index in [1.54, 1.807) is 0 Å². The molecule has 0 aliphatic heterocycles. The van der Waals surface area contributed by atoms with Gasteiger partial charge in [0.1, 0.15) is 11.4 Å². The Kier molecular flexibility index (Phi) is 6.63. The lowest BCUT2D eigenvalue weighted by Crippen LogP contribution is -2.34. The number of esters is 1. The van der Waals surface area contributed by atoms with Gasteiger partial charge in [0.2, 0.25) is 0 Å². The van der Waals surface area contributed by atoms with E-state index in [4.69, 9.17) is 9.47 Å². The Labute approximate surface area is 150 Å². The van der Waals surface area contributed by atoms with Crippen molar-refractivity contribution in [3.05, 3.63) is 54.8 Å². The van der Waals surface area contributed by atoms with Crippen LogP contribution < -0.4 is 4.74 Å². The third-order valence-corrected chi connectivity index (χ3v) is 4.77. The van der Waals surface area contributed by atoms with Crippen molar-refractivity contribution in [3.63, 3.8) is 0 Å². The predicted molar refractivity (Wildman–Crippen MR) is 103 cm³/mol. The number of carbonyl (C=O) groups excluding carboxylic acids is 1. The Morgan fingerprint density at radius 1 is 1.08 bits per heavy atom. The van der Waals surface area contributed by atoms with Crippen molar-refractivity contribution in [1.82, 2.24) is 0 Å². The molecule has 0 aliphatic carbocycles. The van der Waals surface area contributed by atoms with Crippen LogP contribution in [0.4, 0.5) is 0 Å². The summed E-state index contributed by atoms with van der Waals surface area (Å²) < 4.78 is 11.2. The van der Waals surface area contributed by atoms with E-state index in [0.29, 0.717) is 6.42 Å². The van der Waals surface area contributed by atoms with Crippen molar-refractivity contribution in [1.29, 1.82) is 0 Å². The molecule has 3 nitrogen and oxygen atoms in total. The van der Waals surface area contributed by atoms with Crippen molar-refractivity contribution in [3.8, 4) is 5.75 Å². The summed E-state index contributed by atoms with van der Waals surface area (Å²) in [5.41, 5.74) is 0.645. The van der Waals surface area contributed by atoms with Crippen molar-refractivity contribution < 1.29 is 14.3 Å². The summed E-state index contributed by atoms with van der Waals surface area (Å²) in [7, 11) is 0. The molecular formula is C22H28O3. The summed E-state index contributed by atoms with van der Waals surface area (Å²) in [6, 6.07) is 11.9. The first-order valence-electron chi connectivity index (χ1n) is 9.08. The average molecular weight is 340 g/mol. The molecule has 0 fully saturated rings. The van der Waals surface area contributed by atoms with Gasteiger partial charge in [-0.05, 0) is 47.7 Å². The number of hydrogen-bond donors (Lipinski definition) is 0. The van der Waals surface area contributed by atoms with Crippen LogP contribution in [0.2, 0.25) is 0 Å². The number of carbonyl (C=O) groups is 1. The van der Waals surface area contributed by atoms with Gasteiger partial charge in [-0.2, -0.15) is 0 Å². The molecule has 0 amide bonds. The van der Waals surface area contributed by atoms with Crippen LogP contribution in [0.15, 0.2) is 49.2 Å². The maximum absolute atomic E-state index is 12.4. The second-order valence-electron chi connectivity index (χ2n) is 6.42. The molecule has 0 N–H and O–H groups in total. The van der Waals surface area contributed by atoms with Crippen LogP contribution in [0.5, 0.6) is 5.75 Å². The highest BCUT2D eigenvalue weighted by molar-refractivity contribution is 5.85. The van der Waals surface area contributed by atoms with Gasteiger partial charge < -0.3 is 9.47 Å². The zero-order valence-electron chi connectivity index (χ0n) is 15.5. The summed E-state index contributed by atoms with van der Waals surface area (Å²) in [6.45, 7) is 9.87. The van der Waals surface area contributed by atoms with E-state index in [9.17, 15) is 4.79 Å². The molecule has 134 valence electrons. The smallest absolute Gasteiger partial charge is 0.310 e. The maximum atomic E-state index is 12.4. The molecular weight excluding hydrogens is 312 g/mol. The Hall–Kier alpha value is -2.29. The molecule has 0 unspecified atom stereocenters. The van der Waals surface area contributed by atoms with Crippen molar-refractivity contribution in [2.75, 3.05) is 0 Å². The molecule has 2 rings (SSSR count). The van der Waals surface area contributed by atoms with Gasteiger partial charge in [-0.1, -0.05) is 58.0 Å². The van der Waals surface area contributed by atoms with E-state index in [1.165, 1.54) is 6.26 Å². The molecule has 0 atom stereocenters. The molecule has 3 heteroatoms. The van der Waals surface area contributed by atoms with Gasteiger partial charge in [0.15, 0.2) is 0 Å². The first kappa shape index (κ1) is 19.0. The summed E-state index contributed by atoms with van der Waals surface area (Å²) in [4.78, 5) is 12.4. The first-order valence-corrected chi connectivity index (χ1v) is 9.08. The molecule has 0 spiro atoms. The van der Waals surface area contributed by atoms with Crippen LogP contribution in [0, 0.1) is 0 Å². The summed E-state index contributed by atoms with van der Waals surface area (Å²) in [6.07, 6.45) is 5.34. The topological polar surface area (TPSA) is 35.5 Å². The molecule has 0 saturated heterocycles. The fourth-order valence-corrected chi connectivity index (χ4v) is 3.25. The molecule has 25 heavy (non-hydrogen) atoms. The molecule has 0 radical (unpaired) electrons. The summed E-state index contributed by atoms with van der Waals surface area (Å²) >= 11 is 0. The molecule has 0 aromatic heterocycles.